The summed E-state index contributed by atoms with van der Waals surface area (Å²) in [7, 11) is 0. The van der Waals surface area contributed by atoms with E-state index in [4.69, 9.17) is 5.11 Å². The van der Waals surface area contributed by atoms with E-state index >= 15 is 0 Å². The Bertz CT molecular complexity index is 126. The van der Waals surface area contributed by atoms with Crippen LogP contribution in [0.15, 0.2) is 0 Å². The summed E-state index contributed by atoms with van der Waals surface area (Å²) in [4.78, 5) is 2.36. The number of nitrogens with zero attached hydrogens (tertiary/aromatic N) is 1. The molecule has 0 rings (SSSR count). The molecule has 0 spiro atoms. The minimum atomic E-state index is 0.286. The van der Waals surface area contributed by atoms with Crippen LogP contribution in [0.5, 0.6) is 0 Å². The van der Waals surface area contributed by atoms with Crippen molar-refractivity contribution in [3.8, 4) is 0 Å². The van der Waals surface area contributed by atoms with E-state index in [-0.39, 0.29) is 6.61 Å². The molecule has 0 aliphatic heterocycles. The molecule has 0 aromatic rings. The lowest BCUT2D eigenvalue weighted by Gasteiger charge is -2.25. The summed E-state index contributed by atoms with van der Waals surface area (Å²) in [5.74, 6) is 0. The maximum atomic E-state index is 8.92. The van der Waals surface area contributed by atoms with E-state index in [0.717, 1.165) is 13.1 Å². The third-order valence-corrected chi connectivity index (χ3v) is 2.92. The Morgan fingerprint density at radius 2 is 1.53 bits per heavy atom. The molecule has 0 aliphatic carbocycles. The smallest absolute Gasteiger partial charge is 0.0558 e. The topological polar surface area (TPSA) is 23.5 Å². The van der Waals surface area contributed by atoms with Gasteiger partial charge in [0.15, 0.2) is 0 Å². The summed E-state index contributed by atoms with van der Waals surface area (Å²) in [6, 6.07) is 0.563. The van der Waals surface area contributed by atoms with Gasteiger partial charge in [-0.05, 0) is 26.8 Å². The quantitative estimate of drug-likeness (QED) is 0.566. The molecule has 0 heterocycles. The molecule has 0 unspecified atom stereocenters. The number of aliphatic hydroxyl groups is 1. The van der Waals surface area contributed by atoms with Crippen molar-refractivity contribution in [1.29, 1.82) is 0 Å². The van der Waals surface area contributed by atoms with Gasteiger partial charge in [0.25, 0.3) is 0 Å². The van der Waals surface area contributed by atoms with Crippen LogP contribution in [0.4, 0.5) is 0 Å². The Morgan fingerprint density at radius 1 is 0.933 bits per heavy atom. The van der Waals surface area contributed by atoms with E-state index < -0.39 is 0 Å². The molecule has 0 aliphatic rings. The Labute approximate surface area is 95.7 Å². The van der Waals surface area contributed by atoms with Crippen LogP contribution in [-0.2, 0) is 0 Å². The fourth-order valence-corrected chi connectivity index (χ4v) is 1.85. The Kier molecular flexibility index (Phi) is 10.4. The van der Waals surface area contributed by atoms with Gasteiger partial charge in [0.05, 0.1) is 6.61 Å². The van der Waals surface area contributed by atoms with Crippen molar-refractivity contribution >= 4 is 0 Å². The van der Waals surface area contributed by atoms with Crippen LogP contribution >= 0.6 is 0 Å². The first-order chi connectivity index (χ1) is 7.22. The highest BCUT2D eigenvalue weighted by molar-refractivity contribution is 4.62. The zero-order valence-electron chi connectivity index (χ0n) is 10.8. The summed E-state index contributed by atoms with van der Waals surface area (Å²) < 4.78 is 0. The van der Waals surface area contributed by atoms with Crippen molar-refractivity contribution in [2.24, 2.45) is 0 Å². The number of hydrogen-bond donors (Lipinski definition) is 1. The second-order valence-corrected chi connectivity index (χ2v) is 4.62. The molecule has 0 fully saturated rings. The first-order valence-corrected chi connectivity index (χ1v) is 6.57. The SMILES string of the molecule is CCCCCCCCN(CCO)C(C)C. The van der Waals surface area contributed by atoms with Crippen LogP contribution in [0.2, 0.25) is 0 Å². The molecule has 1 N–H and O–H groups in total. The Morgan fingerprint density at radius 3 is 2.07 bits per heavy atom. The van der Waals surface area contributed by atoms with Gasteiger partial charge in [-0.15, -0.1) is 0 Å². The average molecular weight is 215 g/mol. The van der Waals surface area contributed by atoms with E-state index in [2.05, 4.69) is 25.7 Å². The van der Waals surface area contributed by atoms with Crippen LogP contribution in [0.3, 0.4) is 0 Å². The van der Waals surface area contributed by atoms with Crippen molar-refractivity contribution in [3.05, 3.63) is 0 Å². The first kappa shape index (κ1) is 14.9. The van der Waals surface area contributed by atoms with Gasteiger partial charge in [-0.1, -0.05) is 39.0 Å². The summed E-state index contributed by atoms with van der Waals surface area (Å²) >= 11 is 0. The molecule has 2 heteroatoms. The van der Waals surface area contributed by atoms with E-state index in [1.54, 1.807) is 0 Å². The van der Waals surface area contributed by atoms with Crippen LogP contribution in [0.1, 0.15) is 59.3 Å². The standard InChI is InChI=1S/C13H29NO/c1-4-5-6-7-8-9-10-14(11-12-15)13(2)3/h13,15H,4-12H2,1-3H3. The largest absolute Gasteiger partial charge is 0.395 e. The molecule has 0 saturated carbocycles. The molecule has 15 heavy (non-hydrogen) atoms. The third kappa shape index (κ3) is 8.88. The second kappa shape index (κ2) is 10.4. The molecule has 0 aromatic heterocycles. The molecule has 0 atom stereocenters. The zero-order chi connectivity index (χ0) is 11.5. The van der Waals surface area contributed by atoms with E-state index in [0.29, 0.717) is 6.04 Å². The van der Waals surface area contributed by atoms with Gasteiger partial charge in [0, 0.05) is 12.6 Å². The summed E-state index contributed by atoms with van der Waals surface area (Å²) in [6.45, 7) is 8.91. The highest BCUT2D eigenvalue weighted by Gasteiger charge is 2.07. The molecule has 0 radical (unpaired) electrons. The Balaban J connectivity index is 3.37. The highest BCUT2D eigenvalue weighted by atomic mass is 16.3. The summed E-state index contributed by atoms with van der Waals surface area (Å²) in [6.07, 6.45) is 8.08. The first-order valence-electron chi connectivity index (χ1n) is 6.57. The summed E-state index contributed by atoms with van der Waals surface area (Å²) in [5.41, 5.74) is 0. The van der Waals surface area contributed by atoms with E-state index in [9.17, 15) is 0 Å². The average Bonchev–Trinajstić information content (AvgIpc) is 2.21. The molecule has 92 valence electrons. The molecule has 0 amide bonds. The van der Waals surface area contributed by atoms with Crippen molar-refractivity contribution in [2.75, 3.05) is 19.7 Å². The van der Waals surface area contributed by atoms with Gasteiger partial charge >= 0.3 is 0 Å². The fourth-order valence-electron chi connectivity index (χ4n) is 1.85. The van der Waals surface area contributed by atoms with Crippen LogP contribution in [-0.4, -0.2) is 35.7 Å². The minimum Gasteiger partial charge on any atom is -0.395 e. The lowest BCUT2D eigenvalue weighted by atomic mass is 10.1. The Hall–Kier alpha value is -0.0800. The highest BCUT2D eigenvalue weighted by Crippen LogP contribution is 2.07. The van der Waals surface area contributed by atoms with Gasteiger partial charge < -0.3 is 5.11 Å². The maximum absolute atomic E-state index is 8.92. The van der Waals surface area contributed by atoms with E-state index in [1.807, 2.05) is 0 Å². The van der Waals surface area contributed by atoms with Crippen LogP contribution in [0.25, 0.3) is 0 Å². The van der Waals surface area contributed by atoms with Crippen molar-refractivity contribution < 1.29 is 5.11 Å². The number of hydrogen-bond acceptors (Lipinski definition) is 2. The molecule has 2 nitrogen and oxygen atoms in total. The predicted octanol–water partition coefficient (Wildman–Crippen LogP) is 3.05. The van der Waals surface area contributed by atoms with Gasteiger partial charge in [-0.25, -0.2) is 0 Å². The predicted molar refractivity (Wildman–Crippen MR) is 67.2 cm³/mol. The number of unbranched alkanes of at least 4 members (excludes halogenated alkanes) is 5. The van der Waals surface area contributed by atoms with Gasteiger partial charge in [0.1, 0.15) is 0 Å². The van der Waals surface area contributed by atoms with Gasteiger partial charge in [-0.2, -0.15) is 0 Å². The zero-order valence-corrected chi connectivity index (χ0v) is 10.8. The van der Waals surface area contributed by atoms with Gasteiger partial charge in [-0.3, -0.25) is 4.90 Å². The van der Waals surface area contributed by atoms with E-state index in [1.165, 1.54) is 38.5 Å². The normalized spacial score (nSPS) is 11.6. The fraction of sp³-hybridized carbons (Fsp3) is 1.00. The van der Waals surface area contributed by atoms with Crippen molar-refractivity contribution in [3.63, 3.8) is 0 Å². The maximum Gasteiger partial charge on any atom is 0.0558 e. The second-order valence-electron chi connectivity index (χ2n) is 4.62. The minimum absolute atomic E-state index is 0.286. The molecule has 0 bridgehead atoms. The summed E-state index contributed by atoms with van der Waals surface area (Å²) in [5, 5.41) is 8.92. The lowest BCUT2D eigenvalue weighted by molar-refractivity contribution is 0.163. The van der Waals surface area contributed by atoms with Crippen molar-refractivity contribution in [2.45, 2.75) is 65.3 Å². The third-order valence-electron chi connectivity index (χ3n) is 2.92. The molecular weight excluding hydrogens is 186 g/mol. The lowest BCUT2D eigenvalue weighted by Crippen LogP contribution is -2.34. The van der Waals surface area contributed by atoms with Crippen LogP contribution < -0.4 is 0 Å². The van der Waals surface area contributed by atoms with Gasteiger partial charge in [0.2, 0.25) is 0 Å². The van der Waals surface area contributed by atoms with Crippen molar-refractivity contribution in [1.82, 2.24) is 4.90 Å². The number of rotatable bonds is 10. The monoisotopic (exact) mass is 215 g/mol. The molecule has 0 saturated heterocycles. The molecular formula is C13H29NO. The van der Waals surface area contributed by atoms with Crippen LogP contribution in [0, 0.1) is 0 Å². The molecule has 0 aromatic carbocycles. The number of aliphatic hydroxyl groups excluding tert-OH is 1.